The van der Waals surface area contributed by atoms with Gasteiger partial charge in [0.1, 0.15) is 0 Å². The Bertz CT molecular complexity index is 151. The summed E-state index contributed by atoms with van der Waals surface area (Å²) in [5.41, 5.74) is 0. The molecule has 0 rings (SSSR count). The van der Waals surface area contributed by atoms with Crippen molar-refractivity contribution in [1.29, 1.82) is 0 Å². The molecule has 0 aromatic heterocycles. The maximum Gasteiger partial charge on any atom is 0.225 e. The molecule has 0 bridgehead atoms. The van der Waals surface area contributed by atoms with Crippen LogP contribution < -0.4 is 5.32 Å². The summed E-state index contributed by atoms with van der Waals surface area (Å²) >= 11 is 0. The lowest BCUT2D eigenvalue weighted by atomic mass is 10.1. The molecule has 1 amide bonds. The van der Waals surface area contributed by atoms with Crippen molar-refractivity contribution >= 4 is 5.91 Å². The Morgan fingerprint density at radius 2 is 2.33 bits per heavy atom. The second kappa shape index (κ2) is 6.85. The fourth-order valence-electron chi connectivity index (χ4n) is 0.819. The van der Waals surface area contributed by atoms with E-state index in [1.54, 1.807) is 0 Å². The lowest BCUT2D eigenvalue weighted by molar-refractivity contribution is -0.126. The third-order valence-electron chi connectivity index (χ3n) is 1.71. The van der Waals surface area contributed by atoms with Gasteiger partial charge in [-0.05, 0) is 13.3 Å². The number of aliphatic hydroxyl groups is 1. The van der Waals surface area contributed by atoms with Crippen molar-refractivity contribution in [3.63, 3.8) is 0 Å². The third-order valence-corrected chi connectivity index (χ3v) is 1.71. The molecular formula is C9H17NO2. The number of carbonyl (C=O) groups is 1. The predicted molar refractivity (Wildman–Crippen MR) is 48.7 cm³/mol. The van der Waals surface area contributed by atoms with E-state index in [0.717, 1.165) is 0 Å². The Balaban J connectivity index is 3.69. The number of aliphatic hydroxyl groups excluding tert-OH is 1. The molecule has 0 spiro atoms. The summed E-state index contributed by atoms with van der Waals surface area (Å²) in [5, 5.41) is 11.5. The molecule has 0 aliphatic carbocycles. The number of rotatable bonds is 5. The van der Waals surface area contributed by atoms with E-state index in [9.17, 15) is 4.79 Å². The van der Waals surface area contributed by atoms with Gasteiger partial charge < -0.3 is 10.4 Å². The SMILES string of the molecule is C/C=C/CNC(=O)C(CC)CO. The Hall–Kier alpha value is -0.830. The highest BCUT2D eigenvalue weighted by atomic mass is 16.3. The van der Waals surface area contributed by atoms with Crippen LogP contribution in [0.25, 0.3) is 0 Å². The molecule has 3 nitrogen and oxygen atoms in total. The first-order chi connectivity index (χ1) is 5.76. The fraction of sp³-hybridized carbons (Fsp3) is 0.667. The molecule has 3 heteroatoms. The van der Waals surface area contributed by atoms with E-state index in [0.29, 0.717) is 13.0 Å². The number of hydrogen-bond acceptors (Lipinski definition) is 2. The summed E-state index contributed by atoms with van der Waals surface area (Å²) in [6, 6.07) is 0. The molecule has 0 aliphatic rings. The maximum atomic E-state index is 11.2. The largest absolute Gasteiger partial charge is 0.396 e. The number of amides is 1. The monoisotopic (exact) mass is 171 g/mol. The zero-order valence-electron chi connectivity index (χ0n) is 7.71. The van der Waals surface area contributed by atoms with Crippen LogP contribution >= 0.6 is 0 Å². The van der Waals surface area contributed by atoms with Crippen LogP contribution in [-0.4, -0.2) is 24.2 Å². The van der Waals surface area contributed by atoms with Crippen LogP contribution in [0.2, 0.25) is 0 Å². The average molecular weight is 171 g/mol. The number of allylic oxidation sites excluding steroid dienone is 1. The second-order valence-corrected chi connectivity index (χ2v) is 2.60. The van der Waals surface area contributed by atoms with Crippen LogP contribution in [0.3, 0.4) is 0 Å². The lowest BCUT2D eigenvalue weighted by Gasteiger charge is -2.10. The van der Waals surface area contributed by atoms with E-state index in [4.69, 9.17) is 5.11 Å². The first-order valence-electron chi connectivity index (χ1n) is 4.26. The Kier molecular flexibility index (Phi) is 6.38. The van der Waals surface area contributed by atoms with Gasteiger partial charge in [0.2, 0.25) is 5.91 Å². The van der Waals surface area contributed by atoms with Crippen LogP contribution in [0.5, 0.6) is 0 Å². The number of hydrogen-bond donors (Lipinski definition) is 2. The van der Waals surface area contributed by atoms with Gasteiger partial charge in [0, 0.05) is 6.54 Å². The molecule has 12 heavy (non-hydrogen) atoms. The average Bonchev–Trinajstić information content (AvgIpc) is 2.07. The molecule has 0 saturated heterocycles. The van der Waals surface area contributed by atoms with E-state index in [-0.39, 0.29) is 18.4 Å². The molecule has 1 unspecified atom stereocenters. The summed E-state index contributed by atoms with van der Waals surface area (Å²) in [7, 11) is 0. The zero-order valence-corrected chi connectivity index (χ0v) is 7.71. The standard InChI is InChI=1S/C9H17NO2/c1-3-5-6-10-9(12)8(4-2)7-11/h3,5,8,11H,4,6-7H2,1-2H3,(H,10,12)/b5-3+. The van der Waals surface area contributed by atoms with Gasteiger partial charge in [-0.25, -0.2) is 0 Å². The smallest absolute Gasteiger partial charge is 0.225 e. The molecule has 0 radical (unpaired) electrons. The molecular weight excluding hydrogens is 154 g/mol. The van der Waals surface area contributed by atoms with Crippen molar-refractivity contribution in [3.05, 3.63) is 12.2 Å². The molecule has 0 fully saturated rings. The van der Waals surface area contributed by atoms with E-state index < -0.39 is 0 Å². The number of carbonyl (C=O) groups excluding carboxylic acids is 1. The van der Waals surface area contributed by atoms with Crippen LogP contribution in [0.4, 0.5) is 0 Å². The first-order valence-corrected chi connectivity index (χ1v) is 4.26. The summed E-state index contributed by atoms with van der Waals surface area (Å²) in [6.07, 6.45) is 4.42. The molecule has 0 aliphatic heterocycles. The highest BCUT2D eigenvalue weighted by Crippen LogP contribution is 1.99. The van der Waals surface area contributed by atoms with Gasteiger partial charge in [-0.1, -0.05) is 19.1 Å². The lowest BCUT2D eigenvalue weighted by Crippen LogP contribution is -2.32. The van der Waals surface area contributed by atoms with Crippen molar-refractivity contribution in [2.45, 2.75) is 20.3 Å². The van der Waals surface area contributed by atoms with Gasteiger partial charge in [-0.2, -0.15) is 0 Å². The molecule has 0 aromatic carbocycles. The normalized spacial score (nSPS) is 13.2. The Morgan fingerprint density at radius 1 is 1.67 bits per heavy atom. The molecule has 0 aromatic rings. The third kappa shape index (κ3) is 4.13. The second-order valence-electron chi connectivity index (χ2n) is 2.60. The van der Waals surface area contributed by atoms with Gasteiger partial charge >= 0.3 is 0 Å². The minimum absolute atomic E-state index is 0.0712. The summed E-state index contributed by atoms with van der Waals surface area (Å²) < 4.78 is 0. The fourth-order valence-corrected chi connectivity index (χ4v) is 0.819. The first kappa shape index (κ1) is 11.2. The minimum Gasteiger partial charge on any atom is -0.396 e. The molecule has 1 atom stereocenters. The molecule has 70 valence electrons. The Morgan fingerprint density at radius 3 is 2.75 bits per heavy atom. The van der Waals surface area contributed by atoms with Crippen molar-refractivity contribution in [2.75, 3.05) is 13.2 Å². The Labute approximate surface area is 73.5 Å². The van der Waals surface area contributed by atoms with Crippen LogP contribution in [0.1, 0.15) is 20.3 Å². The molecule has 0 heterocycles. The van der Waals surface area contributed by atoms with Gasteiger partial charge in [-0.3, -0.25) is 4.79 Å². The minimum atomic E-state index is -0.254. The van der Waals surface area contributed by atoms with Crippen molar-refractivity contribution in [1.82, 2.24) is 5.32 Å². The van der Waals surface area contributed by atoms with Gasteiger partial charge in [-0.15, -0.1) is 0 Å². The highest BCUT2D eigenvalue weighted by molar-refractivity contribution is 5.78. The van der Waals surface area contributed by atoms with Crippen LogP contribution in [-0.2, 0) is 4.79 Å². The van der Waals surface area contributed by atoms with Crippen molar-refractivity contribution in [3.8, 4) is 0 Å². The molecule has 0 saturated carbocycles. The van der Waals surface area contributed by atoms with Gasteiger partial charge in [0.05, 0.1) is 12.5 Å². The summed E-state index contributed by atoms with van der Waals surface area (Å²) in [4.78, 5) is 11.2. The number of nitrogens with one attached hydrogen (secondary N) is 1. The van der Waals surface area contributed by atoms with Gasteiger partial charge in [0.15, 0.2) is 0 Å². The van der Waals surface area contributed by atoms with E-state index in [2.05, 4.69) is 5.32 Å². The topological polar surface area (TPSA) is 49.3 Å². The van der Waals surface area contributed by atoms with E-state index >= 15 is 0 Å². The van der Waals surface area contributed by atoms with E-state index in [1.807, 2.05) is 26.0 Å². The van der Waals surface area contributed by atoms with E-state index in [1.165, 1.54) is 0 Å². The van der Waals surface area contributed by atoms with Crippen molar-refractivity contribution < 1.29 is 9.90 Å². The van der Waals surface area contributed by atoms with Crippen molar-refractivity contribution in [2.24, 2.45) is 5.92 Å². The molecule has 2 N–H and O–H groups in total. The summed E-state index contributed by atoms with van der Waals surface area (Å²) in [5.74, 6) is -0.326. The van der Waals surface area contributed by atoms with Crippen LogP contribution in [0.15, 0.2) is 12.2 Å². The maximum absolute atomic E-state index is 11.2. The zero-order chi connectivity index (χ0) is 9.40. The van der Waals surface area contributed by atoms with Gasteiger partial charge in [0.25, 0.3) is 0 Å². The quantitative estimate of drug-likeness (QED) is 0.598. The summed E-state index contributed by atoms with van der Waals surface area (Å²) in [6.45, 7) is 4.26. The predicted octanol–water partition coefficient (Wildman–Crippen LogP) is 0.697. The highest BCUT2D eigenvalue weighted by Gasteiger charge is 2.13. The van der Waals surface area contributed by atoms with Crippen LogP contribution in [0, 0.1) is 5.92 Å².